The zero-order valence-corrected chi connectivity index (χ0v) is 12.5. The van der Waals surface area contributed by atoms with Gasteiger partial charge in [0.1, 0.15) is 0 Å². The molecule has 0 amide bonds. The first-order chi connectivity index (χ1) is 10.1. The lowest BCUT2D eigenvalue weighted by molar-refractivity contribution is 0.855. The van der Waals surface area contributed by atoms with Crippen LogP contribution in [0.3, 0.4) is 0 Å². The van der Waals surface area contributed by atoms with Gasteiger partial charge in [0.15, 0.2) is 0 Å². The quantitative estimate of drug-likeness (QED) is 0.797. The summed E-state index contributed by atoms with van der Waals surface area (Å²) < 4.78 is 1.83. The van der Waals surface area contributed by atoms with Crippen LogP contribution in [0, 0.1) is 6.92 Å². The predicted octanol–water partition coefficient (Wildman–Crippen LogP) is 3.88. The van der Waals surface area contributed by atoms with E-state index in [1.807, 2.05) is 72.5 Å². The molecular weight excluding hydrogens is 282 g/mol. The Morgan fingerprint density at radius 2 is 1.90 bits per heavy atom. The van der Waals surface area contributed by atoms with Crippen molar-refractivity contribution in [1.29, 1.82) is 0 Å². The second-order valence-corrected chi connectivity index (χ2v) is 5.47. The van der Waals surface area contributed by atoms with E-state index in [1.54, 1.807) is 0 Å². The maximum absolute atomic E-state index is 6.36. The molecule has 0 saturated heterocycles. The van der Waals surface area contributed by atoms with E-state index >= 15 is 0 Å². The highest BCUT2D eigenvalue weighted by molar-refractivity contribution is 6.30. The zero-order chi connectivity index (χ0) is 14.8. The Morgan fingerprint density at radius 3 is 2.62 bits per heavy atom. The van der Waals surface area contributed by atoms with Crippen LogP contribution in [-0.2, 0) is 0 Å². The second-order valence-electron chi connectivity index (χ2n) is 5.03. The molecule has 1 unspecified atom stereocenters. The highest BCUT2D eigenvalue weighted by atomic mass is 35.5. The molecule has 0 radical (unpaired) electrons. The van der Waals surface area contributed by atoms with Gasteiger partial charge >= 0.3 is 0 Å². The van der Waals surface area contributed by atoms with Crippen LogP contribution in [0.1, 0.15) is 22.7 Å². The van der Waals surface area contributed by atoms with Crippen molar-refractivity contribution < 1.29 is 0 Å². The van der Waals surface area contributed by atoms with Gasteiger partial charge in [-0.25, -0.2) is 4.68 Å². The molecular formula is C17H16ClN3. The van der Waals surface area contributed by atoms with E-state index in [9.17, 15) is 0 Å². The largest absolute Gasteiger partial charge is 0.320 e. The molecule has 3 rings (SSSR count). The van der Waals surface area contributed by atoms with E-state index in [0.717, 1.165) is 27.4 Å². The van der Waals surface area contributed by atoms with Crippen LogP contribution in [0.25, 0.3) is 5.69 Å². The van der Waals surface area contributed by atoms with E-state index in [1.165, 1.54) is 0 Å². The lowest BCUT2D eigenvalue weighted by Crippen LogP contribution is -2.12. The topological polar surface area (TPSA) is 43.8 Å². The summed E-state index contributed by atoms with van der Waals surface area (Å²) in [6, 6.07) is 15.5. The molecule has 0 saturated carbocycles. The summed E-state index contributed by atoms with van der Waals surface area (Å²) in [5.74, 6) is 0. The summed E-state index contributed by atoms with van der Waals surface area (Å²) in [5, 5.41) is 5.12. The monoisotopic (exact) mass is 297 g/mol. The first-order valence-electron chi connectivity index (χ1n) is 6.77. The predicted molar refractivity (Wildman–Crippen MR) is 85.8 cm³/mol. The van der Waals surface area contributed by atoms with Gasteiger partial charge < -0.3 is 5.73 Å². The maximum atomic E-state index is 6.36. The van der Waals surface area contributed by atoms with Gasteiger partial charge in [0.25, 0.3) is 0 Å². The van der Waals surface area contributed by atoms with Gasteiger partial charge in [-0.3, -0.25) is 0 Å². The number of benzene rings is 2. The number of hydrogen-bond acceptors (Lipinski definition) is 2. The first-order valence-corrected chi connectivity index (χ1v) is 7.14. The van der Waals surface area contributed by atoms with E-state index in [0.29, 0.717) is 0 Å². The van der Waals surface area contributed by atoms with Gasteiger partial charge in [-0.1, -0.05) is 35.9 Å². The standard InChI is InChI=1S/C17H16ClN3/c1-12-9-14(18)7-8-16(12)17(19)13-10-20-21(11-13)15-5-3-2-4-6-15/h2-11,17H,19H2,1H3. The summed E-state index contributed by atoms with van der Waals surface area (Å²) in [6.07, 6.45) is 3.78. The smallest absolute Gasteiger partial charge is 0.0645 e. The third-order valence-corrected chi connectivity index (χ3v) is 3.78. The first kappa shape index (κ1) is 13.9. The molecule has 1 heterocycles. The molecule has 3 nitrogen and oxygen atoms in total. The van der Waals surface area contributed by atoms with Crippen LogP contribution in [-0.4, -0.2) is 9.78 Å². The Hall–Kier alpha value is -2.10. The maximum Gasteiger partial charge on any atom is 0.0645 e. The van der Waals surface area contributed by atoms with Gasteiger partial charge in [-0.2, -0.15) is 5.10 Å². The number of nitrogens with two attached hydrogens (primary N) is 1. The summed E-state index contributed by atoms with van der Waals surface area (Å²) in [6.45, 7) is 2.02. The normalized spacial score (nSPS) is 12.3. The second kappa shape index (κ2) is 5.72. The molecule has 0 aliphatic rings. The average Bonchev–Trinajstić information content (AvgIpc) is 2.97. The summed E-state index contributed by atoms with van der Waals surface area (Å²) in [7, 11) is 0. The Balaban J connectivity index is 1.92. The lowest BCUT2D eigenvalue weighted by atomic mass is 9.98. The molecule has 0 aliphatic carbocycles. The molecule has 0 aliphatic heterocycles. The zero-order valence-electron chi connectivity index (χ0n) is 11.7. The Kier molecular flexibility index (Phi) is 3.78. The van der Waals surface area contributed by atoms with Gasteiger partial charge in [0.05, 0.1) is 17.9 Å². The van der Waals surface area contributed by atoms with Crippen molar-refractivity contribution >= 4 is 11.6 Å². The molecule has 0 bridgehead atoms. The summed E-state index contributed by atoms with van der Waals surface area (Å²) in [4.78, 5) is 0. The fourth-order valence-electron chi connectivity index (χ4n) is 2.39. The third kappa shape index (κ3) is 2.84. The molecule has 2 aromatic carbocycles. The number of nitrogens with zero attached hydrogens (tertiary/aromatic N) is 2. The highest BCUT2D eigenvalue weighted by Gasteiger charge is 2.14. The molecule has 21 heavy (non-hydrogen) atoms. The van der Waals surface area contributed by atoms with E-state index in [4.69, 9.17) is 17.3 Å². The van der Waals surface area contributed by atoms with Crippen LogP contribution in [0.15, 0.2) is 60.9 Å². The van der Waals surface area contributed by atoms with Crippen molar-refractivity contribution in [2.45, 2.75) is 13.0 Å². The Bertz CT molecular complexity index is 750. The SMILES string of the molecule is Cc1cc(Cl)ccc1C(N)c1cnn(-c2ccccc2)c1. The molecule has 106 valence electrons. The number of aromatic nitrogens is 2. The van der Waals surface area contributed by atoms with Gasteiger partial charge in [0, 0.05) is 16.8 Å². The van der Waals surface area contributed by atoms with E-state index in [2.05, 4.69) is 5.10 Å². The van der Waals surface area contributed by atoms with E-state index in [-0.39, 0.29) is 6.04 Å². The summed E-state index contributed by atoms with van der Waals surface area (Å²) >= 11 is 5.99. The molecule has 0 fully saturated rings. The molecule has 0 spiro atoms. The Morgan fingerprint density at radius 1 is 1.14 bits per heavy atom. The fraction of sp³-hybridized carbons (Fsp3) is 0.118. The van der Waals surface area contributed by atoms with Crippen LogP contribution < -0.4 is 5.73 Å². The average molecular weight is 298 g/mol. The molecule has 3 aromatic rings. The van der Waals surface area contributed by atoms with Crippen molar-refractivity contribution in [3.63, 3.8) is 0 Å². The highest BCUT2D eigenvalue weighted by Crippen LogP contribution is 2.25. The number of halogens is 1. The number of hydrogen-bond donors (Lipinski definition) is 1. The molecule has 2 N–H and O–H groups in total. The van der Waals surface area contributed by atoms with Crippen molar-refractivity contribution in [2.75, 3.05) is 0 Å². The van der Waals surface area contributed by atoms with Crippen LogP contribution in [0.4, 0.5) is 0 Å². The van der Waals surface area contributed by atoms with Crippen molar-refractivity contribution in [3.05, 3.63) is 82.6 Å². The fourth-order valence-corrected chi connectivity index (χ4v) is 2.61. The molecule has 4 heteroatoms. The minimum absolute atomic E-state index is 0.209. The molecule has 1 atom stereocenters. The minimum Gasteiger partial charge on any atom is -0.320 e. The van der Waals surface area contributed by atoms with Crippen molar-refractivity contribution in [1.82, 2.24) is 9.78 Å². The minimum atomic E-state index is -0.209. The lowest BCUT2D eigenvalue weighted by Gasteiger charge is -2.13. The number of rotatable bonds is 3. The summed E-state index contributed by atoms with van der Waals surface area (Å²) in [5.41, 5.74) is 10.5. The van der Waals surface area contributed by atoms with Crippen LogP contribution in [0.2, 0.25) is 5.02 Å². The van der Waals surface area contributed by atoms with E-state index < -0.39 is 0 Å². The third-order valence-electron chi connectivity index (χ3n) is 3.55. The van der Waals surface area contributed by atoms with Crippen molar-refractivity contribution in [2.24, 2.45) is 5.73 Å². The Labute approximate surface area is 129 Å². The van der Waals surface area contributed by atoms with Crippen molar-refractivity contribution in [3.8, 4) is 5.69 Å². The molecule has 1 aromatic heterocycles. The van der Waals surface area contributed by atoms with Crippen LogP contribution in [0.5, 0.6) is 0 Å². The van der Waals surface area contributed by atoms with Gasteiger partial charge in [-0.05, 0) is 42.3 Å². The van der Waals surface area contributed by atoms with Gasteiger partial charge in [0.2, 0.25) is 0 Å². The van der Waals surface area contributed by atoms with Crippen LogP contribution >= 0.6 is 11.6 Å². The number of para-hydroxylation sites is 1. The van der Waals surface area contributed by atoms with Gasteiger partial charge in [-0.15, -0.1) is 0 Å². The number of aryl methyl sites for hydroxylation is 1.